The maximum absolute atomic E-state index is 12.6. The van der Waals surface area contributed by atoms with Crippen molar-refractivity contribution in [3.05, 3.63) is 64.7 Å². The molecule has 0 N–H and O–H groups in total. The first kappa shape index (κ1) is 29.5. The minimum atomic E-state index is -0.303. The Hall–Kier alpha value is -1.75. The van der Waals surface area contributed by atoms with Crippen LogP contribution < -0.4 is 4.74 Å². The smallest absolute Gasteiger partial charge is 0.410 e. The van der Waals surface area contributed by atoms with Gasteiger partial charge in [0.1, 0.15) is 5.75 Å². The van der Waals surface area contributed by atoms with Gasteiger partial charge in [0.2, 0.25) is 0 Å². The van der Waals surface area contributed by atoms with E-state index in [-0.39, 0.29) is 24.5 Å². The Morgan fingerprint density at radius 2 is 1.49 bits per heavy atom. The van der Waals surface area contributed by atoms with E-state index in [0.717, 1.165) is 32.2 Å². The second-order valence-corrected chi connectivity index (χ2v) is 10.3. The van der Waals surface area contributed by atoms with Crippen molar-refractivity contribution in [1.82, 2.24) is 9.80 Å². The van der Waals surface area contributed by atoms with Crippen molar-refractivity contribution >= 4 is 30.1 Å². The van der Waals surface area contributed by atoms with Gasteiger partial charge >= 0.3 is 6.09 Å². The molecule has 0 radical (unpaired) electrons. The lowest BCUT2D eigenvalue weighted by atomic mass is 9.81. The van der Waals surface area contributed by atoms with Crippen LogP contribution in [0.25, 0.3) is 0 Å². The fourth-order valence-corrected chi connectivity index (χ4v) is 5.07. The molecule has 0 spiro atoms. The molecule has 2 aromatic carbocycles. The Bertz CT molecular complexity index is 886. The van der Waals surface area contributed by atoms with E-state index in [0.29, 0.717) is 28.8 Å². The Labute approximate surface area is 223 Å². The standard InChI is InChI=1S/C29H41ClN2O2.ClH/c1-6-21(3)32(22(4)7-2)20-23-8-10-24(11-9-23)25-12-16-27(17-13-25)31(5)29(33)34-28-18-14-26(30)15-19-28;/h8-11,14-15,18-19,21-22,25,27H,6-7,12-13,16-17,20H2,1-5H3;1H/t21?,22?,25-,27-;. The number of hydrogen-bond acceptors (Lipinski definition) is 3. The van der Waals surface area contributed by atoms with Gasteiger partial charge in [0.15, 0.2) is 0 Å². The number of hydrogen-bond donors (Lipinski definition) is 0. The predicted octanol–water partition coefficient (Wildman–Crippen LogP) is 8.32. The second-order valence-electron chi connectivity index (χ2n) is 9.87. The average Bonchev–Trinajstić information content (AvgIpc) is 2.87. The summed E-state index contributed by atoms with van der Waals surface area (Å²) in [5, 5.41) is 0.628. The number of benzene rings is 2. The maximum Gasteiger partial charge on any atom is 0.415 e. The molecule has 2 aromatic rings. The van der Waals surface area contributed by atoms with Crippen LogP contribution in [-0.2, 0) is 6.54 Å². The molecule has 1 aliphatic carbocycles. The maximum atomic E-state index is 12.6. The van der Waals surface area contributed by atoms with Gasteiger partial charge < -0.3 is 9.64 Å². The molecule has 1 saturated carbocycles. The van der Waals surface area contributed by atoms with E-state index in [2.05, 4.69) is 56.9 Å². The lowest BCUT2D eigenvalue weighted by molar-refractivity contribution is 0.130. The molecule has 1 aliphatic rings. The van der Waals surface area contributed by atoms with Gasteiger partial charge in [0, 0.05) is 36.7 Å². The quantitative estimate of drug-likeness (QED) is 0.333. The first-order valence-electron chi connectivity index (χ1n) is 12.9. The van der Waals surface area contributed by atoms with Gasteiger partial charge in [-0.1, -0.05) is 49.7 Å². The van der Waals surface area contributed by atoms with Gasteiger partial charge in [-0.25, -0.2) is 4.79 Å². The summed E-state index contributed by atoms with van der Waals surface area (Å²) in [6.07, 6.45) is 6.22. The number of nitrogens with zero attached hydrogens (tertiary/aromatic N) is 2. The highest BCUT2D eigenvalue weighted by Gasteiger charge is 2.28. The van der Waals surface area contributed by atoms with Crippen molar-refractivity contribution in [1.29, 1.82) is 0 Å². The topological polar surface area (TPSA) is 32.8 Å². The minimum Gasteiger partial charge on any atom is -0.410 e. The number of carbonyl (C=O) groups is 1. The highest BCUT2D eigenvalue weighted by molar-refractivity contribution is 6.30. The zero-order valence-corrected chi connectivity index (χ0v) is 23.4. The summed E-state index contributed by atoms with van der Waals surface area (Å²) in [5.74, 6) is 1.08. The van der Waals surface area contributed by atoms with E-state index in [1.54, 1.807) is 29.2 Å². The first-order valence-corrected chi connectivity index (χ1v) is 13.2. The Balaban J connectivity index is 0.00000432. The summed E-state index contributed by atoms with van der Waals surface area (Å²) in [6.45, 7) is 10.2. The van der Waals surface area contributed by atoms with Crippen LogP contribution in [-0.4, -0.2) is 41.1 Å². The van der Waals surface area contributed by atoms with Gasteiger partial charge in [-0.2, -0.15) is 0 Å². The van der Waals surface area contributed by atoms with Crippen molar-refractivity contribution in [2.75, 3.05) is 7.05 Å². The Morgan fingerprint density at radius 1 is 0.943 bits per heavy atom. The van der Waals surface area contributed by atoms with Crippen LogP contribution in [0.3, 0.4) is 0 Å². The fraction of sp³-hybridized carbons (Fsp3) is 0.552. The summed E-state index contributed by atoms with van der Waals surface area (Å²) in [5.41, 5.74) is 2.81. The van der Waals surface area contributed by atoms with E-state index < -0.39 is 0 Å². The monoisotopic (exact) mass is 520 g/mol. The largest absolute Gasteiger partial charge is 0.415 e. The van der Waals surface area contributed by atoms with Crippen LogP contribution in [0.2, 0.25) is 5.02 Å². The predicted molar refractivity (Wildman–Crippen MR) is 149 cm³/mol. The molecule has 4 nitrogen and oxygen atoms in total. The third-order valence-electron chi connectivity index (χ3n) is 7.68. The molecule has 0 aliphatic heterocycles. The Morgan fingerprint density at radius 3 is 2.00 bits per heavy atom. The van der Waals surface area contributed by atoms with Crippen LogP contribution in [0.5, 0.6) is 5.75 Å². The van der Waals surface area contributed by atoms with Crippen LogP contribution >= 0.6 is 24.0 Å². The van der Waals surface area contributed by atoms with Crippen molar-refractivity contribution in [2.24, 2.45) is 0 Å². The molecule has 2 unspecified atom stereocenters. The van der Waals surface area contributed by atoms with E-state index in [9.17, 15) is 4.79 Å². The molecule has 1 amide bonds. The molecular formula is C29H42Cl2N2O2. The van der Waals surface area contributed by atoms with Crippen molar-refractivity contribution in [3.8, 4) is 5.75 Å². The summed E-state index contributed by atoms with van der Waals surface area (Å²) >= 11 is 5.91. The highest BCUT2D eigenvalue weighted by Crippen LogP contribution is 2.35. The van der Waals surface area contributed by atoms with Gasteiger partial charge in [0.25, 0.3) is 0 Å². The average molecular weight is 522 g/mol. The van der Waals surface area contributed by atoms with Crippen LogP contribution in [0.4, 0.5) is 4.79 Å². The molecule has 0 aromatic heterocycles. The van der Waals surface area contributed by atoms with Crippen molar-refractivity contribution < 1.29 is 9.53 Å². The van der Waals surface area contributed by atoms with Crippen molar-refractivity contribution in [2.45, 2.75) is 96.8 Å². The highest BCUT2D eigenvalue weighted by atomic mass is 35.5. The normalized spacial score (nSPS) is 19.5. The summed E-state index contributed by atoms with van der Waals surface area (Å²) in [7, 11) is 1.85. The number of rotatable bonds is 9. The first-order chi connectivity index (χ1) is 16.3. The van der Waals surface area contributed by atoms with E-state index in [4.69, 9.17) is 16.3 Å². The zero-order valence-electron chi connectivity index (χ0n) is 21.9. The number of amides is 1. The molecule has 6 heteroatoms. The van der Waals surface area contributed by atoms with Gasteiger partial charge in [-0.15, -0.1) is 12.4 Å². The molecular weight excluding hydrogens is 479 g/mol. The molecule has 0 bridgehead atoms. The molecule has 1 fully saturated rings. The minimum absolute atomic E-state index is 0. The van der Waals surface area contributed by atoms with Crippen LogP contribution in [0, 0.1) is 0 Å². The fourth-order valence-electron chi connectivity index (χ4n) is 4.94. The SMILES string of the molecule is CCC(C)N(Cc1ccc([C@H]2CC[C@H](N(C)C(=O)Oc3ccc(Cl)cc3)CC2)cc1)C(C)CC.Cl. The summed E-state index contributed by atoms with van der Waals surface area (Å²) in [6, 6.07) is 17.6. The molecule has 3 rings (SSSR count). The van der Waals surface area contributed by atoms with E-state index in [1.807, 2.05) is 7.05 Å². The number of halogens is 2. The lowest BCUT2D eigenvalue weighted by Gasteiger charge is -2.35. The van der Waals surface area contributed by atoms with Crippen molar-refractivity contribution in [3.63, 3.8) is 0 Å². The van der Waals surface area contributed by atoms with E-state index in [1.165, 1.54) is 24.0 Å². The van der Waals surface area contributed by atoms with Gasteiger partial charge in [-0.05, 0) is 93.7 Å². The van der Waals surface area contributed by atoms with Gasteiger partial charge in [-0.3, -0.25) is 4.90 Å². The lowest BCUT2D eigenvalue weighted by Crippen LogP contribution is -2.40. The van der Waals surface area contributed by atoms with E-state index >= 15 is 0 Å². The third kappa shape index (κ3) is 8.13. The molecule has 0 heterocycles. The summed E-state index contributed by atoms with van der Waals surface area (Å²) < 4.78 is 5.51. The summed E-state index contributed by atoms with van der Waals surface area (Å²) in [4.78, 5) is 17.0. The molecule has 2 atom stereocenters. The zero-order chi connectivity index (χ0) is 24.7. The van der Waals surface area contributed by atoms with Crippen LogP contribution in [0.15, 0.2) is 48.5 Å². The second kappa shape index (κ2) is 14.1. The van der Waals surface area contributed by atoms with Crippen LogP contribution in [0.1, 0.15) is 83.3 Å². The number of ether oxygens (including phenoxy) is 1. The molecule has 194 valence electrons. The number of carbonyl (C=O) groups excluding carboxylic acids is 1. The molecule has 0 saturated heterocycles. The van der Waals surface area contributed by atoms with Gasteiger partial charge in [0.05, 0.1) is 0 Å². The Kier molecular flexibility index (Phi) is 11.9. The molecule has 35 heavy (non-hydrogen) atoms. The third-order valence-corrected chi connectivity index (χ3v) is 7.93.